The largest absolute Gasteiger partial charge is 0.396 e. The molecule has 1 aromatic rings. The van der Waals surface area contributed by atoms with Crippen LogP contribution in [0.25, 0.3) is 0 Å². The number of amides is 1. The van der Waals surface area contributed by atoms with Gasteiger partial charge in [0.25, 0.3) is 5.91 Å². The number of nitrogens with zero attached hydrogens (tertiary/aromatic N) is 1. The third kappa shape index (κ3) is 2.89. The lowest BCUT2D eigenvalue weighted by Crippen LogP contribution is -2.32. The van der Waals surface area contributed by atoms with E-state index in [-0.39, 0.29) is 21.4 Å². The summed E-state index contributed by atoms with van der Waals surface area (Å²) in [5.41, 5.74) is 5.97. The first kappa shape index (κ1) is 15.5. The smallest absolute Gasteiger partial charge is 0.263 e. The number of thioether (sulfide) groups is 1. The minimum Gasteiger partial charge on any atom is -0.396 e. The van der Waals surface area contributed by atoms with E-state index >= 15 is 0 Å². The van der Waals surface area contributed by atoms with Crippen molar-refractivity contribution in [2.45, 2.75) is 4.90 Å². The summed E-state index contributed by atoms with van der Waals surface area (Å²) in [6.07, 6.45) is 1.13. The number of rotatable bonds is 3. The molecule has 0 unspecified atom stereocenters. The van der Waals surface area contributed by atoms with Crippen molar-refractivity contribution in [1.82, 2.24) is 5.32 Å². The van der Waals surface area contributed by atoms with E-state index in [1.807, 2.05) is 16.7 Å². The van der Waals surface area contributed by atoms with Crippen molar-refractivity contribution in [3.8, 4) is 0 Å². The van der Waals surface area contributed by atoms with Gasteiger partial charge in [0, 0.05) is 37.9 Å². The maximum absolute atomic E-state index is 12.0. The van der Waals surface area contributed by atoms with E-state index in [0.29, 0.717) is 5.00 Å². The van der Waals surface area contributed by atoms with Crippen LogP contribution in [-0.4, -0.2) is 52.2 Å². The fourth-order valence-corrected chi connectivity index (χ4v) is 5.64. The number of nitrogens with one attached hydrogen (secondary N) is 1. The Bertz CT molecular complexity index is 618. The van der Waals surface area contributed by atoms with Crippen molar-refractivity contribution >= 4 is 49.5 Å². The van der Waals surface area contributed by atoms with Gasteiger partial charge in [0.2, 0.25) is 0 Å². The van der Waals surface area contributed by atoms with Crippen LogP contribution in [0.2, 0.25) is 0 Å². The van der Waals surface area contributed by atoms with Crippen molar-refractivity contribution in [3.05, 3.63) is 4.88 Å². The zero-order valence-electron chi connectivity index (χ0n) is 11.3. The van der Waals surface area contributed by atoms with E-state index in [1.165, 1.54) is 7.05 Å². The van der Waals surface area contributed by atoms with Gasteiger partial charge < -0.3 is 16.0 Å². The third-order valence-electron chi connectivity index (χ3n) is 2.98. The summed E-state index contributed by atoms with van der Waals surface area (Å²) in [7, 11) is -1.98. The standard InChI is InChI=1S/C11H17N3O3S3/c1-13-10(15)8-7(12)9(20(2,16)17)11(19-8)14-3-5-18-6-4-14/h3-6,12H2,1-2H3,(H,13,15). The monoisotopic (exact) mass is 335 g/mol. The van der Waals surface area contributed by atoms with Gasteiger partial charge in [0.05, 0.1) is 5.69 Å². The van der Waals surface area contributed by atoms with Gasteiger partial charge in [-0.2, -0.15) is 11.8 Å². The van der Waals surface area contributed by atoms with Gasteiger partial charge >= 0.3 is 0 Å². The number of carbonyl (C=O) groups is 1. The molecule has 1 aliphatic rings. The molecule has 1 amide bonds. The molecule has 1 saturated heterocycles. The number of carbonyl (C=O) groups excluding carboxylic acids is 1. The van der Waals surface area contributed by atoms with Crippen LogP contribution in [0.1, 0.15) is 9.67 Å². The van der Waals surface area contributed by atoms with Crippen LogP contribution < -0.4 is 16.0 Å². The molecule has 0 atom stereocenters. The number of hydrogen-bond donors (Lipinski definition) is 2. The predicted molar refractivity (Wildman–Crippen MR) is 84.8 cm³/mol. The summed E-state index contributed by atoms with van der Waals surface area (Å²) < 4.78 is 24.0. The number of hydrogen-bond acceptors (Lipinski definition) is 7. The Morgan fingerprint density at radius 3 is 2.45 bits per heavy atom. The molecule has 112 valence electrons. The van der Waals surface area contributed by atoms with Crippen LogP contribution in [0.15, 0.2) is 4.90 Å². The molecule has 3 N–H and O–H groups in total. The van der Waals surface area contributed by atoms with E-state index in [2.05, 4.69) is 5.32 Å². The SMILES string of the molecule is CNC(=O)c1sc(N2CCSCC2)c(S(C)(=O)=O)c1N. The van der Waals surface area contributed by atoms with Crippen LogP contribution in [0.4, 0.5) is 10.7 Å². The maximum Gasteiger partial charge on any atom is 0.263 e. The molecule has 1 fully saturated rings. The molecule has 20 heavy (non-hydrogen) atoms. The fourth-order valence-electron chi connectivity index (χ4n) is 2.03. The average Bonchev–Trinajstić information content (AvgIpc) is 2.76. The summed E-state index contributed by atoms with van der Waals surface area (Å²) in [4.78, 5) is 14.2. The van der Waals surface area contributed by atoms with Gasteiger partial charge in [-0.15, -0.1) is 11.3 Å². The molecule has 9 heteroatoms. The molecule has 2 heterocycles. The van der Waals surface area contributed by atoms with Gasteiger partial charge in [-0.25, -0.2) is 8.42 Å². The Morgan fingerprint density at radius 1 is 1.35 bits per heavy atom. The summed E-state index contributed by atoms with van der Waals surface area (Å²) in [6, 6.07) is 0. The maximum atomic E-state index is 12.0. The number of nitrogen functional groups attached to an aromatic ring is 1. The molecular formula is C11H17N3O3S3. The third-order valence-corrected chi connectivity index (χ3v) is 6.48. The molecule has 0 saturated carbocycles. The van der Waals surface area contributed by atoms with Crippen LogP contribution in [0.5, 0.6) is 0 Å². The molecule has 0 aliphatic carbocycles. The molecule has 0 radical (unpaired) electrons. The molecule has 0 aromatic carbocycles. The highest BCUT2D eigenvalue weighted by Gasteiger charge is 2.30. The highest BCUT2D eigenvalue weighted by molar-refractivity contribution is 7.99. The van der Waals surface area contributed by atoms with Crippen LogP contribution >= 0.6 is 23.1 Å². The van der Waals surface area contributed by atoms with Crippen molar-refractivity contribution in [2.75, 3.05) is 48.5 Å². The minimum absolute atomic E-state index is 0.0603. The van der Waals surface area contributed by atoms with E-state index in [4.69, 9.17) is 5.73 Å². The normalized spacial score (nSPS) is 16.2. The second-order valence-corrected chi connectivity index (χ2v) is 8.61. The fraction of sp³-hybridized carbons (Fsp3) is 0.545. The summed E-state index contributed by atoms with van der Waals surface area (Å²) in [6.45, 7) is 1.53. The van der Waals surface area contributed by atoms with Crippen molar-refractivity contribution in [2.24, 2.45) is 0 Å². The van der Waals surface area contributed by atoms with Crippen LogP contribution in [0, 0.1) is 0 Å². The average molecular weight is 335 g/mol. The lowest BCUT2D eigenvalue weighted by molar-refractivity contribution is 0.0968. The van der Waals surface area contributed by atoms with Gasteiger partial charge in [0.1, 0.15) is 14.8 Å². The predicted octanol–water partition coefficient (Wildman–Crippen LogP) is 0.647. The molecule has 1 aromatic heterocycles. The topological polar surface area (TPSA) is 92.5 Å². The Hall–Kier alpha value is -0.930. The lowest BCUT2D eigenvalue weighted by atomic mass is 10.3. The van der Waals surface area contributed by atoms with E-state index in [9.17, 15) is 13.2 Å². The van der Waals surface area contributed by atoms with Gasteiger partial charge in [-0.1, -0.05) is 0 Å². The molecule has 2 rings (SSSR count). The summed E-state index contributed by atoms with van der Waals surface area (Å²) in [5, 5.41) is 3.08. The number of thiophene rings is 1. The van der Waals surface area contributed by atoms with Gasteiger partial charge in [-0.3, -0.25) is 4.79 Å². The number of anilines is 2. The van der Waals surface area contributed by atoms with E-state index in [0.717, 1.165) is 42.2 Å². The molecular weight excluding hydrogens is 318 g/mol. The Morgan fingerprint density at radius 2 is 1.95 bits per heavy atom. The highest BCUT2D eigenvalue weighted by Crippen LogP contribution is 2.42. The first-order valence-corrected chi connectivity index (χ1v) is 9.89. The van der Waals surface area contributed by atoms with Gasteiger partial charge in [-0.05, 0) is 0 Å². The Labute approximate surface area is 126 Å². The lowest BCUT2D eigenvalue weighted by Gasteiger charge is -2.27. The second-order valence-electron chi connectivity index (χ2n) is 4.43. The zero-order chi connectivity index (χ0) is 14.9. The highest BCUT2D eigenvalue weighted by atomic mass is 32.2. The van der Waals surface area contributed by atoms with E-state index in [1.54, 1.807) is 0 Å². The van der Waals surface area contributed by atoms with Crippen LogP contribution in [-0.2, 0) is 9.84 Å². The molecule has 6 nitrogen and oxygen atoms in total. The van der Waals surface area contributed by atoms with Crippen molar-refractivity contribution in [3.63, 3.8) is 0 Å². The van der Waals surface area contributed by atoms with Crippen molar-refractivity contribution < 1.29 is 13.2 Å². The molecule has 0 bridgehead atoms. The molecule has 1 aliphatic heterocycles. The number of sulfone groups is 1. The first-order chi connectivity index (χ1) is 9.36. The number of nitrogens with two attached hydrogens (primary N) is 1. The first-order valence-electron chi connectivity index (χ1n) is 6.03. The van der Waals surface area contributed by atoms with Crippen LogP contribution in [0.3, 0.4) is 0 Å². The zero-order valence-corrected chi connectivity index (χ0v) is 13.8. The summed E-state index contributed by atoms with van der Waals surface area (Å²) in [5.74, 6) is 1.53. The quantitative estimate of drug-likeness (QED) is 0.842. The summed E-state index contributed by atoms with van der Waals surface area (Å²) >= 11 is 2.98. The Balaban J connectivity index is 2.57. The minimum atomic E-state index is -3.48. The second kappa shape index (κ2) is 5.82. The van der Waals surface area contributed by atoms with Crippen molar-refractivity contribution in [1.29, 1.82) is 0 Å². The Kier molecular flexibility index (Phi) is 4.50. The van der Waals surface area contributed by atoms with E-state index < -0.39 is 9.84 Å². The van der Waals surface area contributed by atoms with Gasteiger partial charge in [0.15, 0.2) is 9.84 Å². The molecule has 0 spiro atoms.